The summed E-state index contributed by atoms with van der Waals surface area (Å²) < 4.78 is 0. The van der Waals surface area contributed by atoms with E-state index in [0.717, 1.165) is 28.2 Å². The fraction of sp³-hybridized carbons (Fsp3) is 0.190. The van der Waals surface area contributed by atoms with Gasteiger partial charge >= 0.3 is 0 Å². The third-order valence-electron chi connectivity index (χ3n) is 4.90. The molecule has 1 aromatic carbocycles. The molecule has 1 aliphatic heterocycles. The zero-order valence-corrected chi connectivity index (χ0v) is 15.2. The van der Waals surface area contributed by atoms with E-state index in [0.29, 0.717) is 17.7 Å². The first kappa shape index (κ1) is 17.0. The van der Waals surface area contributed by atoms with Gasteiger partial charge in [0.15, 0.2) is 0 Å². The van der Waals surface area contributed by atoms with E-state index in [1.54, 1.807) is 25.4 Å². The monoisotopic (exact) mass is 360 g/mol. The number of amides is 2. The SMILES string of the molecule is CNC(=O)c1ccc(-c2cc(-c3cc4c([nH]3)C(C)CNC4=O)ccn2)cc1. The zero-order chi connectivity index (χ0) is 19.0. The quantitative estimate of drug-likeness (QED) is 0.671. The lowest BCUT2D eigenvalue weighted by Gasteiger charge is -2.18. The average Bonchev–Trinajstić information content (AvgIpc) is 3.17. The molecule has 0 spiro atoms. The molecule has 27 heavy (non-hydrogen) atoms. The average molecular weight is 360 g/mol. The van der Waals surface area contributed by atoms with Crippen LogP contribution in [0.4, 0.5) is 0 Å². The highest BCUT2D eigenvalue weighted by Crippen LogP contribution is 2.30. The third-order valence-corrected chi connectivity index (χ3v) is 4.90. The van der Waals surface area contributed by atoms with Crippen molar-refractivity contribution < 1.29 is 9.59 Å². The Morgan fingerprint density at radius 2 is 1.93 bits per heavy atom. The summed E-state index contributed by atoms with van der Waals surface area (Å²) in [6, 6.07) is 13.1. The Kier molecular flexibility index (Phi) is 4.24. The second-order valence-electron chi connectivity index (χ2n) is 6.71. The van der Waals surface area contributed by atoms with E-state index in [-0.39, 0.29) is 17.7 Å². The van der Waals surface area contributed by atoms with Crippen LogP contribution in [-0.2, 0) is 0 Å². The lowest BCUT2D eigenvalue weighted by atomic mass is 9.99. The number of hydrogen-bond acceptors (Lipinski definition) is 3. The molecule has 3 aromatic rings. The molecule has 2 aromatic heterocycles. The van der Waals surface area contributed by atoms with Gasteiger partial charge in [-0.05, 0) is 30.3 Å². The van der Waals surface area contributed by atoms with Crippen molar-refractivity contribution in [2.75, 3.05) is 13.6 Å². The standard InChI is InChI=1S/C21H20N4O2/c1-12-11-24-21(27)16-10-18(25-19(12)16)15-7-8-23-17(9-15)13-3-5-14(6-4-13)20(26)22-2/h3-10,12,25H,11H2,1-2H3,(H,22,26)(H,24,27). The number of nitrogens with one attached hydrogen (secondary N) is 3. The smallest absolute Gasteiger partial charge is 0.253 e. The minimum atomic E-state index is -0.118. The van der Waals surface area contributed by atoms with E-state index in [2.05, 4.69) is 27.5 Å². The number of aromatic amines is 1. The molecule has 0 radical (unpaired) electrons. The third kappa shape index (κ3) is 3.10. The maximum atomic E-state index is 12.1. The molecule has 1 atom stereocenters. The molecule has 6 nitrogen and oxygen atoms in total. The highest BCUT2D eigenvalue weighted by molar-refractivity contribution is 5.98. The normalized spacial score (nSPS) is 15.8. The Balaban J connectivity index is 1.68. The number of carbonyl (C=O) groups excluding carboxylic acids is 2. The topological polar surface area (TPSA) is 86.9 Å². The second kappa shape index (κ2) is 6.72. The molecular weight excluding hydrogens is 340 g/mol. The van der Waals surface area contributed by atoms with Crippen LogP contribution in [0, 0.1) is 0 Å². The van der Waals surface area contributed by atoms with Crippen molar-refractivity contribution in [3.05, 3.63) is 65.5 Å². The van der Waals surface area contributed by atoms with Gasteiger partial charge in [-0.15, -0.1) is 0 Å². The Bertz CT molecular complexity index is 1020. The van der Waals surface area contributed by atoms with E-state index < -0.39 is 0 Å². The summed E-state index contributed by atoms with van der Waals surface area (Å²) in [5.41, 5.74) is 5.88. The number of nitrogens with zero attached hydrogens (tertiary/aromatic N) is 1. The van der Waals surface area contributed by atoms with Crippen molar-refractivity contribution in [1.82, 2.24) is 20.6 Å². The molecule has 1 unspecified atom stereocenters. The highest BCUT2D eigenvalue weighted by Gasteiger charge is 2.25. The molecule has 136 valence electrons. The lowest BCUT2D eigenvalue weighted by molar-refractivity contribution is 0.0938. The summed E-state index contributed by atoms with van der Waals surface area (Å²) in [4.78, 5) is 31.6. The number of H-pyrrole nitrogens is 1. The molecule has 3 N–H and O–H groups in total. The molecular formula is C21H20N4O2. The number of benzene rings is 1. The first-order valence-corrected chi connectivity index (χ1v) is 8.87. The summed E-state index contributed by atoms with van der Waals surface area (Å²) in [7, 11) is 1.61. The van der Waals surface area contributed by atoms with Crippen LogP contribution in [0.2, 0.25) is 0 Å². The van der Waals surface area contributed by atoms with E-state index in [4.69, 9.17) is 0 Å². The van der Waals surface area contributed by atoms with E-state index in [1.807, 2.05) is 30.3 Å². The predicted molar refractivity (Wildman–Crippen MR) is 104 cm³/mol. The van der Waals surface area contributed by atoms with E-state index in [9.17, 15) is 9.59 Å². The molecule has 3 heterocycles. The molecule has 2 amide bonds. The fourth-order valence-electron chi connectivity index (χ4n) is 3.34. The Hall–Kier alpha value is -3.41. The van der Waals surface area contributed by atoms with Gasteiger partial charge in [-0.3, -0.25) is 14.6 Å². The maximum absolute atomic E-state index is 12.1. The Labute approximate surface area is 157 Å². The minimum Gasteiger partial charge on any atom is -0.357 e. The van der Waals surface area contributed by atoms with Gasteiger partial charge in [-0.2, -0.15) is 0 Å². The summed E-state index contributed by atoms with van der Waals surface area (Å²) in [6.45, 7) is 2.73. The summed E-state index contributed by atoms with van der Waals surface area (Å²) >= 11 is 0. The van der Waals surface area contributed by atoms with Crippen LogP contribution in [-0.4, -0.2) is 35.4 Å². The van der Waals surface area contributed by atoms with Crippen LogP contribution >= 0.6 is 0 Å². The molecule has 6 heteroatoms. The first-order valence-electron chi connectivity index (χ1n) is 8.87. The second-order valence-corrected chi connectivity index (χ2v) is 6.71. The van der Waals surface area contributed by atoms with E-state index in [1.165, 1.54) is 0 Å². The maximum Gasteiger partial charge on any atom is 0.253 e. The first-order chi connectivity index (χ1) is 13.1. The summed E-state index contributed by atoms with van der Waals surface area (Å²) in [5.74, 6) is 0.0994. The van der Waals surface area contributed by atoms with Crippen molar-refractivity contribution >= 4 is 11.8 Å². The summed E-state index contributed by atoms with van der Waals surface area (Å²) in [5, 5.41) is 5.52. The van der Waals surface area contributed by atoms with Gasteiger partial charge < -0.3 is 15.6 Å². The van der Waals surface area contributed by atoms with Crippen LogP contribution in [0.1, 0.15) is 39.3 Å². The highest BCUT2D eigenvalue weighted by atomic mass is 16.2. The molecule has 0 bridgehead atoms. The van der Waals surface area contributed by atoms with Crippen LogP contribution < -0.4 is 10.6 Å². The fourth-order valence-corrected chi connectivity index (χ4v) is 3.34. The number of carbonyl (C=O) groups is 2. The van der Waals surface area contributed by atoms with Crippen molar-refractivity contribution in [1.29, 1.82) is 0 Å². The van der Waals surface area contributed by atoms with Crippen LogP contribution in [0.15, 0.2) is 48.7 Å². The molecule has 0 fully saturated rings. The number of fused-ring (bicyclic) bond motifs is 1. The van der Waals surface area contributed by atoms with E-state index >= 15 is 0 Å². The van der Waals surface area contributed by atoms with Gasteiger partial charge in [-0.25, -0.2) is 0 Å². The minimum absolute atomic E-state index is 0.0373. The number of hydrogen-bond donors (Lipinski definition) is 3. The molecule has 1 aliphatic rings. The molecule has 0 saturated carbocycles. The van der Waals surface area contributed by atoms with Crippen molar-refractivity contribution in [3.8, 4) is 22.5 Å². The van der Waals surface area contributed by atoms with Crippen LogP contribution in [0.3, 0.4) is 0 Å². The Morgan fingerprint density at radius 1 is 1.15 bits per heavy atom. The Morgan fingerprint density at radius 3 is 2.63 bits per heavy atom. The van der Waals surface area contributed by atoms with Gasteiger partial charge in [0.1, 0.15) is 0 Å². The van der Waals surface area contributed by atoms with Gasteiger partial charge in [0, 0.05) is 53.8 Å². The van der Waals surface area contributed by atoms with Gasteiger partial charge in [0.25, 0.3) is 11.8 Å². The van der Waals surface area contributed by atoms with Crippen LogP contribution in [0.5, 0.6) is 0 Å². The predicted octanol–water partition coefficient (Wildman–Crippen LogP) is 2.95. The van der Waals surface area contributed by atoms with Gasteiger partial charge in [-0.1, -0.05) is 19.1 Å². The van der Waals surface area contributed by atoms with Crippen molar-refractivity contribution in [2.45, 2.75) is 12.8 Å². The van der Waals surface area contributed by atoms with Crippen molar-refractivity contribution in [2.24, 2.45) is 0 Å². The lowest BCUT2D eigenvalue weighted by Crippen LogP contribution is -2.33. The zero-order valence-electron chi connectivity index (χ0n) is 15.2. The van der Waals surface area contributed by atoms with Gasteiger partial charge in [0.05, 0.1) is 11.3 Å². The van der Waals surface area contributed by atoms with Crippen molar-refractivity contribution in [3.63, 3.8) is 0 Å². The molecule has 0 aliphatic carbocycles. The number of pyridine rings is 1. The number of rotatable bonds is 3. The van der Waals surface area contributed by atoms with Gasteiger partial charge in [0.2, 0.25) is 0 Å². The summed E-state index contributed by atoms with van der Waals surface area (Å²) in [6.07, 6.45) is 1.75. The molecule has 0 saturated heterocycles. The number of aromatic nitrogens is 2. The largest absolute Gasteiger partial charge is 0.357 e. The van der Waals surface area contributed by atoms with Crippen LogP contribution in [0.25, 0.3) is 22.5 Å². The molecule has 4 rings (SSSR count).